The molecule has 0 saturated heterocycles. The fourth-order valence-electron chi connectivity index (χ4n) is 3.59. The topological polar surface area (TPSA) is 88.1 Å². The number of carboxylic acids is 1. The maximum absolute atomic E-state index is 13.9. The molecule has 1 heterocycles. The number of halogens is 1. The van der Waals surface area contributed by atoms with Crippen molar-refractivity contribution in [2.75, 3.05) is 30.5 Å². The number of methoxy groups -OCH3 is 1. The molecule has 1 aliphatic rings. The van der Waals surface area contributed by atoms with Crippen LogP contribution in [0.15, 0.2) is 60.7 Å². The van der Waals surface area contributed by atoms with Crippen LogP contribution in [0.2, 0.25) is 0 Å². The summed E-state index contributed by atoms with van der Waals surface area (Å²) in [7, 11) is 1.58. The molecule has 0 aromatic heterocycles. The molecule has 0 unspecified atom stereocenters. The van der Waals surface area contributed by atoms with Gasteiger partial charge in [0.25, 0.3) is 5.91 Å². The smallest absolute Gasteiger partial charge is 0.337 e. The molecular formula is C24H21FN2O5. The summed E-state index contributed by atoms with van der Waals surface area (Å²) in [6, 6.07) is 15.7. The van der Waals surface area contributed by atoms with Gasteiger partial charge in [0.05, 0.1) is 30.5 Å². The van der Waals surface area contributed by atoms with Crippen molar-refractivity contribution in [3.63, 3.8) is 0 Å². The Bertz CT molecular complexity index is 1180. The molecule has 164 valence electrons. The van der Waals surface area contributed by atoms with E-state index in [-0.39, 0.29) is 16.8 Å². The van der Waals surface area contributed by atoms with Gasteiger partial charge < -0.3 is 24.8 Å². The second-order valence-corrected chi connectivity index (χ2v) is 7.21. The van der Waals surface area contributed by atoms with Crippen LogP contribution in [0.25, 0.3) is 0 Å². The lowest BCUT2D eigenvalue weighted by Crippen LogP contribution is -2.27. The van der Waals surface area contributed by atoms with E-state index in [1.54, 1.807) is 31.4 Å². The largest absolute Gasteiger partial charge is 0.497 e. The number of nitrogens with zero attached hydrogens (tertiary/aromatic N) is 1. The lowest BCUT2D eigenvalue weighted by Gasteiger charge is -2.24. The minimum absolute atomic E-state index is 0.0216. The zero-order valence-electron chi connectivity index (χ0n) is 17.3. The first-order chi connectivity index (χ1) is 15.5. The third-order valence-corrected chi connectivity index (χ3v) is 5.20. The van der Waals surface area contributed by atoms with Crippen LogP contribution < -0.4 is 19.7 Å². The lowest BCUT2D eigenvalue weighted by atomic mass is 10.1. The zero-order chi connectivity index (χ0) is 22.7. The molecule has 4 rings (SSSR count). The number of nitrogens with one attached hydrogen (secondary N) is 1. The minimum Gasteiger partial charge on any atom is -0.497 e. The van der Waals surface area contributed by atoms with Crippen molar-refractivity contribution in [3.05, 3.63) is 83.2 Å². The Balaban J connectivity index is 1.61. The van der Waals surface area contributed by atoms with Crippen LogP contribution in [0.5, 0.6) is 11.5 Å². The second kappa shape index (κ2) is 8.97. The predicted octanol–water partition coefficient (Wildman–Crippen LogP) is 4.18. The van der Waals surface area contributed by atoms with Crippen molar-refractivity contribution in [2.24, 2.45) is 0 Å². The summed E-state index contributed by atoms with van der Waals surface area (Å²) < 4.78 is 24.9. The normalized spacial score (nSPS) is 12.9. The van der Waals surface area contributed by atoms with Gasteiger partial charge in [0.15, 0.2) is 0 Å². The third kappa shape index (κ3) is 4.34. The summed E-state index contributed by atoms with van der Waals surface area (Å²) in [4.78, 5) is 26.3. The summed E-state index contributed by atoms with van der Waals surface area (Å²) in [6.07, 6.45) is 0. The number of rotatable bonds is 5. The zero-order valence-corrected chi connectivity index (χ0v) is 17.3. The van der Waals surface area contributed by atoms with Gasteiger partial charge in [-0.15, -0.1) is 0 Å². The highest BCUT2D eigenvalue weighted by Gasteiger charge is 2.22. The van der Waals surface area contributed by atoms with E-state index in [2.05, 4.69) is 5.32 Å². The number of ether oxygens (including phenoxy) is 2. The highest BCUT2D eigenvalue weighted by Crippen LogP contribution is 2.32. The maximum Gasteiger partial charge on any atom is 0.337 e. The molecule has 1 aliphatic heterocycles. The van der Waals surface area contributed by atoms with Gasteiger partial charge in [-0.05, 0) is 42.5 Å². The molecule has 0 spiro atoms. The number of hydrogen-bond donors (Lipinski definition) is 2. The Morgan fingerprint density at radius 2 is 1.91 bits per heavy atom. The van der Waals surface area contributed by atoms with Crippen LogP contribution in [0.1, 0.15) is 26.3 Å². The number of carboxylic acid groups (broad SMARTS) is 1. The monoisotopic (exact) mass is 436 g/mol. The highest BCUT2D eigenvalue weighted by molar-refractivity contribution is 6.05. The SMILES string of the molecule is COc1ccc2c(c1)OCCN(c1ccc(NC(=O)c3ccccc3F)cc1C(=O)O)C2. The fourth-order valence-corrected chi connectivity index (χ4v) is 3.59. The molecule has 0 atom stereocenters. The average molecular weight is 436 g/mol. The van der Waals surface area contributed by atoms with Gasteiger partial charge in [0.1, 0.15) is 23.9 Å². The van der Waals surface area contributed by atoms with Crippen molar-refractivity contribution >= 4 is 23.3 Å². The molecule has 1 amide bonds. The number of amides is 1. The number of aromatic carboxylic acids is 1. The second-order valence-electron chi connectivity index (χ2n) is 7.21. The summed E-state index contributed by atoms with van der Waals surface area (Å²) in [6.45, 7) is 1.28. The Morgan fingerprint density at radius 1 is 1.09 bits per heavy atom. The first-order valence-corrected chi connectivity index (χ1v) is 9.94. The minimum atomic E-state index is -1.14. The quantitative estimate of drug-likeness (QED) is 0.624. The molecule has 8 heteroatoms. The first-order valence-electron chi connectivity index (χ1n) is 9.94. The van der Waals surface area contributed by atoms with E-state index in [0.29, 0.717) is 36.9 Å². The van der Waals surface area contributed by atoms with E-state index in [0.717, 1.165) is 5.56 Å². The third-order valence-electron chi connectivity index (χ3n) is 5.20. The van der Waals surface area contributed by atoms with Crippen LogP contribution >= 0.6 is 0 Å². The molecule has 0 saturated carbocycles. The van der Waals surface area contributed by atoms with Crippen LogP contribution in [-0.4, -0.2) is 37.2 Å². The molecule has 7 nitrogen and oxygen atoms in total. The van der Waals surface area contributed by atoms with Gasteiger partial charge in [0.2, 0.25) is 0 Å². The number of hydrogen-bond acceptors (Lipinski definition) is 5. The molecule has 2 N–H and O–H groups in total. The molecule has 0 bridgehead atoms. The Labute approximate surface area is 184 Å². The van der Waals surface area contributed by atoms with E-state index < -0.39 is 17.7 Å². The van der Waals surface area contributed by atoms with E-state index in [9.17, 15) is 19.1 Å². The summed E-state index contributed by atoms with van der Waals surface area (Å²) in [5.41, 5.74) is 1.55. The lowest BCUT2D eigenvalue weighted by molar-refractivity contribution is 0.0697. The van der Waals surface area contributed by atoms with Crippen LogP contribution in [0.3, 0.4) is 0 Å². The fraction of sp³-hybridized carbons (Fsp3) is 0.167. The van der Waals surface area contributed by atoms with E-state index in [1.807, 2.05) is 17.0 Å². The molecular weight excluding hydrogens is 415 g/mol. The highest BCUT2D eigenvalue weighted by atomic mass is 19.1. The Morgan fingerprint density at radius 3 is 2.66 bits per heavy atom. The number of carbonyl (C=O) groups excluding carboxylic acids is 1. The number of benzene rings is 3. The van der Waals surface area contributed by atoms with Crippen molar-refractivity contribution < 1.29 is 28.6 Å². The molecule has 32 heavy (non-hydrogen) atoms. The maximum atomic E-state index is 13.9. The molecule has 3 aromatic rings. The molecule has 0 radical (unpaired) electrons. The van der Waals surface area contributed by atoms with Crippen molar-refractivity contribution in [1.82, 2.24) is 0 Å². The summed E-state index contributed by atoms with van der Waals surface area (Å²) >= 11 is 0. The number of fused-ring (bicyclic) bond motifs is 1. The average Bonchev–Trinajstić information content (AvgIpc) is 3.01. The van der Waals surface area contributed by atoms with Crippen LogP contribution in [-0.2, 0) is 6.54 Å². The predicted molar refractivity (Wildman–Crippen MR) is 117 cm³/mol. The van der Waals surface area contributed by atoms with Crippen molar-refractivity contribution in [2.45, 2.75) is 6.54 Å². The first kappa shape index (κ1) is 21.2. The number of anilines is 2. The van der Waals surface area contributed by atoms with Gasteiger partial charge in [-0.1, -0.05) is 12.1 Å². The van der Waals surface area contributed by atoms with Gasteiger partial charge in [0, 0.05) is 23.9 Å². The van der Waals surface area contributed by atoms with E-state index >= 15 is 0 Å². The summed E-state index contributed by atoms with van der Waals surface area (Å²) in [5, 5.41) is 12.4. The molecule has 3 aromatic carbocycles. The van der Waals surface area contributed by atoms with Gasteiger partial charge in [-0.2, -0.15) is 0 Å². The van der Waals surface area contributed by atoms with Crippen LogP contribution in [0.4, 0.5) is 15.8 Å². The summed E-state index contributed by atoms with van der Waals surface area (Å²) in [5.74, 6) is -1.07. The van der Waals surface area contributed by atoms with Crippen molar-refractivity contribution in [1.29, 1.82) is 0 Å². The Kier molecular flexibility index (Phi) is 5.93. The van der Waals surface area contributed by atoms with Crippen molar-refractivity contribution in [3.8, 4) is 11.5 Å². The van der Waals surface area contributed by atoms with E-state index in [4.69, 9.17) is 9.47 Å². The van der Waals surface area contributed by atoms with Crippen LogP contribution in [0, 0.1) is 5.82 Å². The Hall–Kier alpha value is -4.07. The standard InChI is InChI=1S/C24H21FN2O5/c1-31-17-8-6-15-14-27(10-11-32-22(15)13-17)21-9-7-16(12-19(21)24(29)30)26-23(28)18-4-2-3-5-20(18)25/h2-9,12-13H,10-11,14H2,1H3,(H,26,28)(H,29,30). The van der Waals surface area contributed by atoms with Gasteiger partial charge in [-0.25, -0.2) is 9.18 Å². The van der Waals surface area contributed by atoms with E-state index in [1.165, 1.54) is 24.3 Å². The molecule has 0 aliphatic carbocycles. The van der Waals surface area contributed by atoms with Gasteiger partial charge in [-0.3, -0.25) is 4.79 Å². The van der Waals surface area contributed by atoms with Gasteiger partial charge >= 0.3 is 5.97 Å². The molecule has 0 fully saturated rings. The number of carbonyl (C=O) groups is 2.